The minimum absolute atomic E-state index is 0.298. The summed E-state index contributed by atoms with van der Waals surface area (Å²) in [7, 11) is 0. The van der Waals surface area contributed by atoms with Gasteiger partial charge in [0.05, 0.1) is 12.1 Å². The van der Waals surface area contributed by atoms with Crippen LogP contribution in [0.15, 0.2) is 35.5 Å². The van der Waals surface area contributed by atoms with Crippen molar-refractivity contribution >= 4 is 11.7 Å². The van der Waals surface area contributed by atoms with Crippen LogP contribution in [0, 0.1) is 0 Å². The van der Waals surface area contributed by atoms with Crippen LogP contribution in [0.2, 0.25) is 0 Å². The average molecular weight is 403 g/mol. The van der Waals surface area contributed by atoms with Crippen molar-refractivity contribution < 1.29 is 13.2 Å². The van der Waals surface area contributed by atoms with E-state index in [1.165, 1.54) is 37.8 Å². The van der Waals surface area contributed by atoms with Crippen LogP contribution in [0.25, 0.3) is 11.1 Å². The number of aromatic nitrogens is 2. The first kappa shape index (κ1) is 19.7. The summed E-state index contributed by atoms with van der Waals surface area (Å²) in [5, 5.41) is 6.71. The number of benzene rings is 1. The lowest BCUT2D eigenvalue weighted by molar-refractivity contribution is -0.137. The molecule has 4 rings (SSSR count). The van der Waals surface area contributed by atoms with E-state index in [9.17, 15) is 13.2 Å². The van der Waals surface area contributed by atoms with Crippen molar-refractivity contribution in [2.75, 3.05) is 18.4 Å². The van der Waals surface area contributed by atoms with Gasteiger partial charge in [-0.1, -0.05) is 37.8 Å². The van der Waals surface area contributed by atoms with Gasteiger partial charge in [0, 0.05) is 24.3 Å². The van der Waals surface area contributed by atoms with Crippen LogP contribution in [0.1, 0.15) is 49.9 Å². The number of alkyl halides is 3. The van der Waals surface area contributed by atoms with Gasteiger partial charge in [0.15, 0.2) is 11.7 Å². The van der Waals surface area contributed by atoms with Crippen molar-refractivity contribution in [2.24, 2.45) is 4.99 Å². The Labute approximate surface area is 167 Å². The molecule has 0 unspecified atom stereocenters. The predicted octanol–water partition coefficient (Wildman–Crippen LogP) is 4.65. The maximum atomic E-state index is 12.9. The third-order valence-electron chi connectivity index (χ3n) is 5.39. The Morgan fingerprint density at radius 2 is 1.72 bits per heavy atom. The molecule has 0 radical (unpaired) electrons. The maximum Gasteiger partial charge on any atom is 0.416 e. The van der Waals surface area contributed by atoms with Crippen LogP contribution in [-0.4, -0.2) is 34.9 Å². The third-order valence-corrected chi connectivity index (χ3v) is 5.39. The molecule has 0 spiro atoms. The second kappa shape index (κ2) is 8.39. The first-order valence-corrected chi connectivity index (χ1v) is 10.1. The molecule has 1 aromatic heterocycles. The quantitative estimate of drug-likeness (QED) is 0.730. The second-order valence-electron chi connectivity index (χ2n) is 7.52. The molecule has 0 amide bonds. The molecule has 8 heteroatoms. The van der Waals surface area contributed by atoms with Gasteiger partial charge in [0.1, 0.15) is 5.82 Å². The van der Waals surface area contributed by atoms with E-state index in [1.807, 2.05) is 0 Å². The molecule has 0 bridgehead atoms. The SMILES string of the molecule is FC(F)(F)c1ccc(-c2cnc(C3=NCCN3)nc2NC2CCCCCC2)cc1. The number of halogens is 3. The Morgan fingerprint density at radius 3 is 2.34 bits per heavy atom. The standard InChI is InChI=1S/C21H24F3N5/c22-21(23,24)15-9-7-14(8-10-15)17-13-27-20(19-25-11-12-26-19)29-18(17)28-16-5-3-1-2-4-6-16/h7-10,13,16H,1-6,11-12H2,(H,25,26)(H,27,28,29). The van der Waals surface area contributed by atoms with E-state index in [2.05, 4.69) is 25.6 Å². The van der Waals surface area contributed by atoms with Crippen molar-refractivity contribution in [3.8, 4) is 11.1 Å². The number of nitrogens with zero attached hydrogens (tertiary/aromatic N) is 3. The summed E-state index contributed by atoms with van der Waals surface area (Å²) in [4.78, 5) is 13.5. The third kappa shape index (κ3) is 4.68. The topological polar surface area (TPSA) is 62.2 Å². The summed E-state index contributed by atoms with van der Waals surface area (Å²) in [6, 6.07) is 5.45. The van der Waals surface area contributed by atoms with Crippen LogP contribution < -0.4 is 10.6 Å². The van der Waals surface area contributed by atoms with E-state index in [-0.39, 0.29) is 0 Å². The molecule has 2 aromatic rings. The van der Waals surface area contributed by atoms with Gasteiger partial charge in [0.25, 0.3) is 0 Å². The van der Waals surface area contributed by atoms with Gasteiger partial charge in [-0.3, -0.25) is 4.99 Å². The van der Waals surface area contributed by atoms with Crippen LogP contribution in [-0.2, 0) is 6.18 Å². The summed E-state index contributed by atoms with van der Waals surface area (Å²) in [6.45, 7) is 1.44. The molecule has 2 N–H and O–H groups in total. The first-order valence-electron chi connectivity index (χ1n) is 10.1. The number of amidine groups is 1. The Kier molecular flexibility index (Phi) is 5.69. The monoisotopic (exact) mass is 403 g/mol. The van der Waals surface area contributed by atoms with Gasteiger partial charge in [0.2, 0.25) is 0 Å². The lowest BCUT2D eigenvalue weighted by Gasteiger charge is -2.20. The highest BCUT2D eigenvalue weighted by Crippen LogP contribution is 2.33. The largest absolute Gasteiger partial charge is 0.416 e. The van der Waals surface area contributed by atoms with E-state index >= 15 is 0 Å². The minimum atomic E-state index is -4.35. The van der Waals surface area contributed by atoms with Gasteiger partial charge in [-0.05, 0) is 30.5 Å². The van der Waals surface area contributed by atoms with Gasteiger partial charge in [-0.25, -0.2) is 9.97 Å². The molecule has 154 valence electrons. The fraction of sp³-hybridized carbons (Fsp3) is 0.476. The molecule has 5 nitrogen and oxygen atoms in total. The number of anilines is 1. The fourth-order valence-electron chi connectivity index (χ4n) is 3.82. The highest BCUT2D eigenvalue weighted by atomic mass is 19.4. The van der Waals surface area contributed by atoms with Crippen molar-refractivity contribution in [1.29, 1.82) is 0 Å². The summed E-state index contributed by atoms with van der Waals surface area (Å²) in [5.41, 5.74) is 0.689. The summed E-state index contributed by atoms with van der Waals surface area (Å²) in [5.74, 6) is 1.82. The molecule has 1 aromatic carbocycles. The van der Waals surface area contributed by atoms with Gasteiger partial charge in [-0.15, -0.1) is 0 Å². The average Bonchev–Trinajstić information content (AvgIpc) is 3.13. The van der Waals surface area contributed by atoms with Crippen LogP contribution in [0.4, 0.5) is 19.0 Å². The maximum absolute atomic E-state index is 12.9. The summed E-state index contributed by atoms with van der Waals surface area (Å²) < 4.78 is 38.8. The number of rotatable bonds is 4. The molecule has 2 heterocycles. The van der Waals surface area contributed by atoms with E-state index in [4.69, 9.17) is 0 Å². The van der Waals surface area contributed by atoms with Gasteiger partial charge in [-0.2, -0.15) is 13.2 Å². The summed E-state index contributed by atoms with van der Waals surface area (Å²) >= 11 is 0. The molecule has 0 atom stereocenters. The van der Waals surface area contributed by atoms with Crippen LogP contribution in [0.3, 0.4) is 0 Å². The molecule has 1 aliphatic carbocycles. The van der Waals surface area contributed by atoms with E-state index in [0.717, 1.165) is 31.5 Å². The van der Waals surface area contributed by atoms with Crippen LogP contribution >= 0.6 is 0 Å². The van der Waals surface area contributed by atoms with E-state index in [1.54, 1.807) is 6.20 Å². The Morgan fingerprint density at radius 1 is 1.00 bits per heavy atom. The fourth-order valence-corrected chi connectivity index (χ4v) is 3.82. The number of hydrogen-bond donors (Lipinski definition) is 2. The van der Waals surface area contributed by atoms with E-state index < -0.39 is 11.7 Å². The predicted molar refractivity (Wildman–Crippen MR) is 107 cm³/mol. The lowest BCUT2D eigenvalue weighted by atomic mass is 10.0. The number of hydrogen-bond acceptors (Lipinski definition) is 5. The Hall–Kier alpha value is -2.64. The molecular weight excluding hydrogens is 379 g/mol. The normalized spacial score (nSPS) is 18.1. The van der Waals surface area contributed by atoms with Gasteiger partial charge >= 0.3 is 6.18 Å². The van der Waals surface area contributed by atoms with Gasteiger partial charge < -0.3 is 10.6 Å². The highest BCUT2D eigenvalue weighted by Gasteiger charge is 2.30. The molecule has 1 aliphatic heterocycles. The molecule has 1 fully saturated rings. The van der Waals surface area contributed by atoms with Crippen molar-refractivity contribution in [2.45, 2.75) is 50.7 Å². The summed E-state index contributed by atoms with van der Waals surface area (Å²) in [6.07, 6.45) is 4.24. The minimum Gasteiger partial charge on any atom is -0.367 e. The second-order valence-corrected chi connectivity index (χ2v) is 7.52. The van der Waals surface area contributed by atoms with Crippen molar-refractivity contribution in [3.05, 3.63) is 41.9 Å². The molecule has 2 aliphatic rings. The zero-order chi connectivity index (χ0) is 20.3. The first-order chi connectivity index (χ1) is 14.0. The Bertz CT molecular complexity index is 869. The van der Waals surface area contributed by atoms with Crippen molar-refractivity contribution in [3.63, 3.8) is 0 Å². The lowest BCUT2D eigenvalue weighted by Crippen LogP contribution is -2.24. The zero-order valence-corrected chi connectivity index (χ0v) is 16.1. The highest BCUT2D eigenvalue weighted by molar-refractivity contribution is 5.97. The molecule has 0 saturated heterocycles. The molecule has 29 heavy (non-hydrogen) atoms. The Balaban J connectivity index is 1.67. The van der Waals surface area contributed by atoms with E-state index in [0.29, 0.717) is 41.2 Å². The zero-order valence-electron chi connectivity index (χ0n) is 16.1. The molecule has 1 saturated carbocycles. The molecular formula is C21H24F3N5. The van der Waals surface area contributed by atoms with Crippen molar-refractivity contribution in [1.82, 2.24) is 15.3 Å². The number of aliphatic imine (C=N–C) groups is 1. The number of nitrogens with one attached hydrogen (secondary N) is 2. The smallest absolute Gasteiger partial charge is 0.367 e. The van der Waals surface area contributed by atoms with Crippen LogP contribution in [0.5, 0.6) is 0 Å².